The van der Waals surface area contributed by atoms with Gasteiger partial charge in [0.1, 0.15) is 24.7 Å². The lowest BCUT2D eigenvalue weighted by atomic mass is 10.2. The van der Waals surface area contributed by atoms with Crippen LogP contribution in [0.4, 0.5) is 5.82 Å². The number of benzene rings is 1. The predicted octanol–water partition coefficient (Wildman–Crippen LogP) is 3.14. The van der Waals surface area contributed by atoms with Crippen LogP contribution in [0.5, 0.6) is 5.75 Å². The first-order valence-electron chi connectivity index (χ1n) is 7.64. The average molecular weight is 336 g/mol. The van der Waals surface area contributed by atoms with Gasteiger partial charge in [0.05, 0.1) is 6.07 Å². The van der Waals surface area contributed by atoms with Gasteiger partial charge in [0.2, 0.25) is 0 Å². The minimum Gasteiger partial charge on any atom is -0.485 e. The number of para-hydroxylation sites is 1. The molecule has 1 aromatic carbocycles. The fraction of sp³-hybridized carbons (Fsp3) is 0.167. The first-order valence-corrected chi connectivity index (χ1v) is 7.64. The van der Waals surface area contributed by atoms with Crippen LogP contribution >= 0.6 is 0 Å². The predicted molar refractivity (Wildman–Crippen MR) is 90.0 cm³/mol. The molecule has 2 heterocycles. The average Bonchev–Trinajstić information content (AvgIpc) is 3.24. The van der Waals surface area contributed by atoms with Gasteiger partial charge in [0, 0.05) is 12.3 Å². The Morgan fingerprint density at radius 3 is 2.96 bits per heavy atom. The Kier molecular flexibility index (Phi) is 4.81. The van der Waals surface area contributed by atoms with Crippen LogP contribution in [0.2, 0.25) is 0 Å². The summed E-state index contributed by atoms with van der Waals surface area (Å²) in [4.78, 5) is 12.2. The number of ether oxygens (including phenoxy) is 1. The van der Waals surface area contributed by atoms with Gasteiger partial charge in [-0.15, -0.1) is 0 Å². The quantitative estimate of drug-likeness (QED) is 0.746. The molecule has 126 valence electrons. The molecule has 7 heteroatoms. The number of hydrogen-bond donors (Lipinski definition) is 1. The largest absolute Gasteiger partial charge is 0.485 e. The van der Waals surface area contributed by atoms with E-state index in [1.807, 2.05) is 37.3 Å². The zero-order chi connectivity index (χ0) is 17.6. The topological polar surface area (TPSA) is 93.1 Å². The molecule has 0 bridgehead atoms. The number of carbonyl (C=O) groups is 1. The molecule has 2 aromatic heterocycles. The van der Waals surface area contributed by atoms with Gasteiger partial charge >= 0.3 is 0 Å². The lowest BCUT2D eigenvalue weighted by Gasteiger charge is -2.06. The Hall–Kier alpha value is -3.53. The van der Waals surface area contributed by atoms with Crippen LogP contribution in [0, 0.1) is 18.3 Å². The number of nitriles is 1. The Bertz CT molecular complexity index is 920. The zero-order valence-electron chi connectivity index (χ0n) is 13.6. The summed E-state index contributed by atoms with van der Waals surface area (Å²) in [6.07, 6.45) is 1.61. The number of hydrogen-bond acceptors (Lipinski definition) is 5. The maximum absolute atomic E-state index is 12.2. The van der Waals surface area contributed by atoms with Crippen molar-refractivity contribution in [1.29, 1.82) is 5.26 Å². The molecule has 0 radical (unpaired) electrons. The SMILES string of the molecule is Cc1ccccc1OCc1ccc(C(=O)Nc2ccn(CC#N)n2)o1. The van der Waals surface area contributed by atoms with Gasteiger partial charge in [-0.05, 0) is 30.7 Å². The molecule has 25 heavy (non-hydrogen) atoms. The molecule has 0 atom stereocenters. The van der Waals surface area contributed by atoms with Crippen molar-refractivity contribution < 1.29 is 13.9 Å². The van der Waals surface area contributed by atoms with Crippen LogP contribution < -0.4 is 10.1 Å². The maximum Gasteiger partial charge on any atom is 0.292 e. The van der Waals surface area contributed by atoms with E-state index in [1.165, 1.54) is 4.68 Å². The van der Waals surface area contributed by atoms with Gasteiger partial charge in [-0.25, -0.2) is 0 Å². The summed E-state index contributed by atoms with van der Waals surface area (Å²) in [5.74, 6) is 1.42. The van der Waals surface area contributed by atoms with Crippen molar-refractivity contribution in [1.82, 2.24) is 9.78 Å². The third-order valence-electron chi connectivity index (χ3n) is 3.46. The van der Waals surface area contributed by atoms with Crippen LogP contribution in [-0.4, -0.2) is 15.7 Å². The highest BCUT2D eigenvalue weighted by atomic mass is 16.5. The summed E-state index contributed by atoms with van der Waals surface area (Å²) in [7, 11) is 0. The lowest BCUT2D eigenvalue weighted by Crippen LogP contribution is -2.11. The molecule has 0 aliphatic heterocycles. The number of amides is 1. The van der Waals surface area contributed by atoms with E-state index in [-0.39, 0.29) is 18.9 Å². The fourth-order valence-corrected chi connectivity index (χ4v) is 2.21. The summed E-state index contributed by atoms with van der Waals surface area (Å²) in [5.41, 5.74) is 1.03. The first kappa shape index (κ1) is 16.3. The Morgan fingerprint density at radius 1 is 1.32 bits per heavy atom. The first-order chi connectivity index (χ1) is 12.2. The summed E-state index contributed by atoms with van der Waals surface area (Å²) < 4.78 is 12.6. The van der Waals surface area contributed by atoms with Gasteiger partial charge in [-0.1, -0.05) is 18.2 Å². The van der Waals surface area contributed by atoms with Crippen molar-refractivity contribution in [2.45, 2.75) is 20.1 Å². The standard InChI is InChI=1S/C18H16N4O3/c1-13-4-2-3-5-15(13)24-12-14-6-7-16(25-14)18(23)20-17-8-10-22(21-17)11-9-19/h2-8,10H,11-12H2,1H3,(H,20,21,23). The normalized spacial score (nSPS) is 10.2. The van der Waals surface area contributed by atoms with Gasteiger partial charge < -0.3 is 14.5 Å². The van der Waals surface area contributed by atoms with Crippen LogP contribution in [0.25, 0.3) is 0 Å². The van der Waals surface area contributed by atoms with Crippen LogP contribution in [-0.2, 0) is 13.2 Å². The molecule has 0 saturated heterocycles. The molecule has 3 aromatic rings. The van der Waals surface area contributed by atoms with E-state index in [4.69, 9.17) is 14.4 Å². The molecule has 0 spiro atoms. The molecule has 1 amide bonds. The van der Waals surface area contributed by atoms with Crippen molar-refractivity contribution >= 4 is 11.7 Å². The third-order valence-corrected chi connectivity index (χ3v) is 3.46. The van der Waals surface area contributed by atoms with E-state index in [1.54, 1.807) is 24.4 Å². The maximum atomic E-state index is 12.2. The Balaban J connectivity index is 1.59. The van der Waals surface area contributed by atoms with Gasteiger partial charge in [-0.3, -0.25) is 9.48 Å². The number of anilines is 1. The highest BCUT2D eigenvalue weighted by molar-refractivity contribution is 6.01. The van der Waals surface area contributed by atoms with E-state index >= 15 is 0 Å². The molecular formula is C18H16N4O3. The summed E-state index contributed by atoms with van der Waals surface area (Å²) in [5, 5.41) is 15.3. The molecule has 3 rings (SSSR count). The molecule has 0 fully saturated rings. The highest BCUT2D eigenvalue weighted by Gasteiger charge is 2.13. The third kappa shape index (κ3) is 4.06. The second-order valence-electron chi connectivity index (χ2n) is 5.33. The van der Waals surface area contributed by atoms with Crippen molar-refractivity contribution in [2.75, 3.05) is 5.32 Å². The van der Waals surface area contributed by atoms with E-state index in [2.05, 4.69) is 10.4 Å². The van der Waals surface area contributed by atoms with Crippen molar-refractivity contribution in [3.05, 3.63) is 65.7 Å². The van der Waals surface area contributed by atoms with Crippen LogP contribution in [0.15, 0.2) is 53.1 Å². The van der Waals surface area contributed by atoms with Crippen molar-refractivity contribution in [3.63, 3.8) is 0 Å². The van der Waals surface area contributed by atoms with Gasteiger partial charge in [0.15, 0.2) is 11.6 Å². The summed E-state index contributed by atoms with van der Waals surface area (Å²) in [6, 6.07) is 14.5. The Labute approximate surface area is 144 Å². The molecule has 0 saturated carbocycles. The fourth-order valence-electron chi connectivity index (χ4n) is 2.21. The number of rotatable bonds is 6. The number of nitrogens with zero attached hydrogens (tertiary/aromatic N) is 3. The second kappa shape index (κ2) is 7.36. The number of nitrogens with one attached hydrogen (secondary N) is 1. The molecule has 7 nitrogen and oxygen atoms in total. The number of aryl methyl sites for hydroxylation is 1. The summed E-state index contributed by atoms with van der Waals surface area (Å²) >= 11 is 0. The molecule has 1 N–H and O–H groups in total. The highest BCUT2D eigenvalue weighted by Crippen LogP contribution is 2.19. The van der Waals surface area contributed by atoms with E-state index < -0.39 is 5.91 Å². The van der Waals surface area contributed by atoms with Gasteiger partial charge in [0.25, 0.3) is 5.91 Å². The van der Waals surface area contributed by atoms with E-state index in [9.17, 15) is 4.79 Å². The van der Waals surface area contributed by atoms with E-state index in [0.29, 0.717) is 11.6 Å². The van der Waals surface area contributed by atoms with Crippen molar-refractivity contribution in [3.8, 4) is 11.8 Å². The van der Waals surface area contributed by atoms with Crippen molar-refractivity contribution in [2.24, 2.45) is 0 Å². The van der Waals surface area contributed by atoms with E-state index in [0.717, 1.165) is 11.3 Å². The van der Waals surface area contributed by atoms with Crippen LogP contribution in [0.1, 0.15) is 21.9 Å². The minimum absolute atomic E-state index is 0.122. The number of carbonyl (C=O) groups excluding carboxylic acids is 1. The molecule has 0 aliphatic carbocycles. The lowest BCUT2D eigenvalue weighted by molar-refractivity contribution is 0.0992. The monoisotopic (exact) mass is 336 g/mol. The summed E-state index contributed by atoms with van der Waals surface area (Å²) in [6.45, 7) is 2.31. The Morgan fingerprint density at radius 2 is 2.16 bits per heavy atom. The molecule has 0 aliphatic rings. The minimum atomic E-state index is -0.413. The zero-order valence-corrected chi connectivity index (χ0v) is 13.6. The number of aromatic nitrogens is 2. The number of furan rings is 1. The second-order valence-corrected chi connectivity index (χ2v) is 5.33. The van der Waals surface area contributed by atoms with Gasteiger partial charge in [-0.2, -0.15) is 10.4 Å². The molecular weight excluding hydrogens is 320 g/mol. The van der Waals surface area contributed by atoms with Crippen LogP contribution in [0.3, 0.4) is 0 Å². The molecule has 0 unspecified atom stereocenters. The smallest absolute Gasteiger partial charge is 0.292 e.